The second kappa shape index (κ2) is 23.7. The van der Waals surface area contributed by atoms with Crippen molar-refractivity contribution in [1.82, 2.24) is 0 Å². The fraction of sp³-hybridized carbons (Fsp3) is 0.185. The predicted octanol–water partition coefficient (Wildman–Crippen LogP) is 12.0. The smallest absolute Gasteiger partial charge is 0.389 e. The van der Waals surface area contributed by atoms with Crippen LogP contribution in [0.1, 0.15) is 68.7 Å². The summed E-state index contributed by atoms with van der Waals surface area (Å²) in [7, 11) is 0. The van der Waals surface area contributed by atoms with E-state index >= 15 is 0 Å². The van der Waals surface area contributed by atoms with Gasteiger partial charge in [-0.25, -0.2) is 9.59 Å². The van der Waals surface area contributed by atoms with Crippen LogP contribution in [-0.2, 0) is 22.4 Å². The molecule has 0 aliphatic rings. The average Bonchev–Trinajstić information content (AvgIpc) is 3.31. The van der Waals surface area contributed by atoms with Crippen LogP contribution in [0.15, 0.2) is 146 Å². The maximum Gasteiger partial charge on any atom is 0.389 e. The highest BCUT2D eigenvalue weighted by atomic mass is 19.4. The number of hydrogen-bond donors (Lipinski definition) is 2. The molecule has 16 heteroatoms. The highest BCUT2D eigenvalue weighted by molar-refractivity contribution is 5.99. The lowest BCUT2D eigenvalue weighted by Crippen LogP contribution is -2.10. The van der Waals surface area contributed by atoms with Crippen LogP contribution >= 0.6 is 0 Å². The minimum Gasteiger partial charge on any atom is -0.494 e. The van der Waals surface area contributed by atoms with E-state index in [-0.39, 0.29) is 73.1 Å². The first kappa shape index (κ1) is 51.3. The van der Waals surface area contributed by atoms with E-state index in [0.29, 0.717) is 56.3 Å². The van der Waals surface area contributed by atoms with E-state index in [1.807, 2.05) is 0 Å². The van der Waals surface area contributed by atoms with E-state index in [4.69, 9.17) is 30.4 Å². The zero-order valence-electron chi connectivity index (χ0n) is 37.4. The van der Waals surface area contributed by atoms with E-state index in [9.17, 15) is 45.5 Å². The van der Waals surface area contributed by atoms with Crippen LogP contribution in [0, 0.1) is 0 Å². The number of carbonyl (C=O) groups is 4. The Hall–Kier alpha value is -8.14. The summed E-state index contributed by atoms with van der Waals surface area (Å²) in [5.41, 5.74) is 17.5. The molecule has 0 spiro atoms. The summed E-state index contributed by atoms with van der Waals surface area (Å²) in [6.45, 7) is -0.225. The number of benzene rings is 6. The van der Waals surface area contributed by atoms with Gasteiger partial charge < -0.3 is 30.4 Å². The summed E-state index contributed by atoms with van der Waals surface area (Å²) < 4.78 is 95.5. The van der Waals surface area contributed by atoms with Crippen LogP contribution in [0.5, 0.6) is 23.0 Å². The Balaban J connectivity index is 1.02. The highest BCUT2D eigenvalue weighted by Gasteiger charge is 2.27. The molecule has 6 aromatic carbocycles. The molecule has 0 aromatic heterocycles. The average molecular weight is 965 g/mol. The van der Waals surface area contributed by atoms with Crippen molar-refractivity contribution in [1.29, 1.82) is 0 Å². The molecule has 0 saturated carbocycles. The molecule has 4 N–H and O–H groups in total. The van der Waals surface area contributed by atoms with Crippen molar-refractivity contribution < 1.29 is 64.5 Å². The van der Waals surface area contributed by atoms with Gasteiger partial charge in [0.2, 0.25) is 0 Å². The molecule has 0 aliphatic carbocycles. The SMILES string of the molecule is Nc1ccc(-c2ccc(N)cc2CC(=O)/C=C/c2ccc(C(=O)Oc3ccc(OCCCC(F)(F)F)cc3)cc2)c(CC(=O)/C=C/c2ccc(C(=O)Oc3ccc(OCCCC(F)(F)F)cc3)cc2)c1. The predicted molar refractivity (Wildman–Crippen MR) is 253 cm³/mol. The quantitative estimate of drug-likeness (QED) is 0.0178. The van der Waals surface area contributed by atoms with Crippen molar-refractivity contribution >= 4 is 47.0 Å². The van der Waals surface area contributed by atoms with Gasteiger partial charge in [-0.05, 0) is 155 Å². The fourth-order valence-corrected chi connectivity index (χ4v) is 6.84. The molecule has 0 radical (unpaired) electrons. The molecule has 0 aliphatic heterocycles. The van der Waals surface area contributed by atoms with Crippen molar-refractivity contribution in [2.45, 2.75) is 50.9 Å². The number of ketones is 2. The number of nitrogen functional groups attached to an aromatic ring is 2. The zero-order valence-corrected chi connectivity index (χ0v) is 37.4. The molecule has 0 atom stereocenters. The summed E-state index contributed by atoms with van der Waals surface area (Å²) in [6, 6.07) is 34.9. The van der Waals surface area contributed by atoms with Gasteiger partial charge in [0.25, 0.3) is 0 Å². The van der Waals surface area contributed by atoms with E-state index in [2.05, 4.69) is 0 Å². The molecule has 0 amide bonds. The van der Waals surface area contributed by atoms with Crippen LogP contribution in [0.25, 0.3) is 23.3 Å². The largest absolute Gasteiger partial charge is 0.494 e. The first-order valence-electron chi connectivity index (χ1n) is 21.8. The third kappa shape index (κ3) is 16.6. The summed E-state index contributed by atoms with van der Waals surface area (Å²) in [5.74, 6) is -0.690. The molecular weight excluding hydrogens is 919 g/mol. The second-order valence-corrected chi connectivity index (χ2v) is 15.9. The summed E-state index contributed by atoms with van der Waals surface area (Å²) in [5, 5.41) is 0. The molecule has 0 saturated heterocycles. The van der Waals surface area contributed by atoms with Gasteiger partial charge >= 0.3 is 24.3 Å². The molecule has 0 fully saturated rings. The minimum absolute atomic E-state index is 0.0297. The molecular formula is C54H46F6N2O8. The van der Waals surface area contributed by atoms with Crippen molar-refractivity contribution in [2.24, 2.45) is 0 Å². The van der Waals surface area contributed by atoms with Gasteiger partial charge in [0.15, 0.2) is 11.6 Å². The van der Waals surface area contributed by atoms with Crippen molar-refractivity contribution in [3.8, 4) is 34.1 Å². The topological polar surface area (TPSA) is 157 Å². The van der Waals surface area contributed by atoms with Gasteiger partial charge in [-0.15, -0.1) is 0 Å². The number of rotatable bonds is 21. The number of alkyl halides is 6. The van der Waals surface area contributed by atoms with Gasteiger partial charge in [-0.2, -0.15) is 26.3 Å². The number of esters is 2. The van der Waals surface area contributed by atoms with Crippen LogP contribution in [-0.4, -0.2) is 49.1 Å². The zero-order chi connectivity index (χ0) is 50.3. The van der Waals surface area contributed by atoms with Gasteiger partial charge in [0.05, 0.1) is 24.3 Å². The highest BCUT2D eigenvalue weighted by Crippen LogP contribution is 2.32. The molecule has 70 heavy (non-hydrogen) atoms. The lowest BCUT2D eigenvalue weighted by molar-refractivity contribution is -0.137. The van der Waals surface area contributed by atoms with Crippen molar-refractivity contribution in [3.63, 3.8) is 0 Å². The van der Waals surface area contributed by atoms with Gasteiger partial charge in [-0.1, -0.05) is 48.6 Å². The Labute approximate surface area is 399 Å². The third-order valence-electron chi connectivity index (χ3n) is 10.3. The van der Waals surface area contributed by atoms with E-state index in [1.165, 1.54) is 84.9 Å². The molecule has 6 aromatic rings. The van der Waals surface area contributed by atoms with Gasteiger partial charge in [0.1, 0.15) is 23.0 Å². The number of anilines is 2. The molecule has 6 rings (SSSR count). The Morgan fingerprint density at radius 2 is 0.800 bits per heavy atom. The lowest BCUT2D eigenvalue weighted by Gasteiger charge is -2.14. The van der Waals surface area contributed by atoms with Crippen LogP contribution < -0.4 is 30.4 Å². The molecule has 0 unspecified atom stereocenters. The molecule has 0 bridgehead atoms. The Morgan fingerprint density at radius 3 is 1.14 bits per heavy atom. The Bertz CT molecular complexity index is 2630. The third-order valence-corrected chi connectivity index (χ3v) is 10.3. The lowest BCUT2D eigenvalue weighted by atomic mass is 9.90. The number of allylic oxidation sites excluding steroid dienone is 2. The van der Waals surface area contributed by atoms with Crippen LogP contribution in [0.3, 0.4) is 0 Å². The maximum atomic E-state index is 13.3. The summed E-state index contributed by atoms with van der Waals surface area (Å²) >= 11 is 0. The van der Waals surface area contributed by atoms with Gasteiger partial charge in [0, 0.05) is 37.1 Å². The van der Waals surface area contributed by atoms with E-state index < -0.39 is 37.1 Å². The normalized spacial score (nSPS) is 11.7. The monoisotopic (exact) mass is 964 g/mol. The van der Waals surface area contributed by atoms with Crippen LogP contribution in [0.2, 0.25) is 0 Å². The molecule has 362 valence electrons. The minimum atomic E-state index is -4.25. The second-order valence-electron chi connectivity index (χ2n) is 15.9. The Morgan fingerprint density at radius 1 is 0.457 bits per heavy atom. The van der Waals surface area contributed by atoms with Crippen LogP contribution in [0.4, 0.5) is 37.7 Å². The first-order valence-corrected chi connectivity index (χ1v) is 21.8. The number of halogens is 6. The van der Waals surface area contributed by atoms with Crippen molar-refractivity contribution in [2.75, 3.05) is 24.7 Å². The standard InChI is InChI=1S/C54H46F6N2O8/c55-53(56,57)27-1-29-67-45-17-21-47(22-18-45)69-51(65)37-9-3-35(4-10-37)7-15-43(63)33-39-31-41(61)13-25-49(39)50-26-14-42(62)32-40(50)34-44(64)16-8-36-5-11-38(12-6-36)52(66)70-48-23-19-46(20-24-48)68-30-2-28-54(58,59)60/h3-26,31-32H,1-2,27-30,33-34,61-62H2/b15-7+,16-8+. The maximum absolute atomic E-state index is 13.3. The van der Waals surface area contributed by atoms with E-state index in [1.54, 1.807) is 72.8 Å². The number of carbonyl (C=O) groups excluding carboxylic acids is 4. The van der Waals surface area contributed by atoms with Gasteiger partial charge in [-0.3, -0.25) is 9.59 Å². The number of nitrogens with two attached hydrogens (primary N) is 2. The molecule has 10 nitrogen and oxygen atoms in total. The Kier molecular flexibility index (Phi) is 17.4. The number of ether oxygens (including phenoxy) is 4. The summed E-state index contributed by atoms with van der Waals surface area (Å²) in [4.78, 5) is 52.2. The first-order chi connectivity index (χ1) is 33.4. The fourth-order valence-electron chi connectivity index (χ4n) is 6.84. The van der Waals surface area contributed by atoms with Crippen molar-refractivity contribution in [3.05, 3.63) is 179 Å². The summed E-state index contributed by atoms with van der Waals surface area (Å²) in [6.07, 6.45) is -4.80. The molecule has 0 heterocycles. The van der Waals surface area contributed by atoms with E-state index in [0.717, 1.165) is 0 Å². The number of hydrogen-bond acceptors (Lipinski definition) is 10.